The summed E-state index contributed by atoms with van der Waals surface area (Å²) < 4.78 is 2.44. The van der Waals surface area contributed by atoms with Crippen LogP contribution in [0.3, 0.4) is 0 Å². The first-order valence-corrected chi connectivity index (χ1v) is 13.5. The number of imidazole rings is 1. The quantitative estimate of drug-likeness (QED) is 0.162. The van der Waals surface area contributed by atoms with Gasteiger partial charge in [0.1, 0.15) is 12.4 Å². The highest BCUT2D eigenvalue weighted by Gasteiger charge is 2.09. The van der Waals surface area contributed by atoms with Gasteiger partial charge < -0.3 is 0 Å². The van der Waals surface area contributed by atoms with Gasteiger partial charge in [0.25, 0.3) is 5.82 Å². The molecule has 0 aliphatic carbocycles. The number of aromatic amines is 1. The zero-order valence-corrected chi connectivity index (χ0v) is 20.4. The number of rotatable bonds is 20. The maximum Gasteiger partial charge on any atom is 0.254 e. The Labute approximate surface area is 192 Å². The molecule has 0 fully saturated rings. The van der Waals surface area contributed by atoms with Crippen LogP contribution in [0.15, 0.2) is 42.7 Å². The first-order chi connectivity index (χ1) is 15.4. The number of benzene rings is 1. The highest BCUT2D eigenvalue weighted by molar-refractivity contribution is 5.14. The first kappa shape index (κ1) is 25.7. The van der Waals surface area contributed by atoms with Crippen LogP contribution in [-0.2, 0) is 19.4 Å². The van der Waals surface area contributed by atoms with Crippen molar-refractivity contribution in [3.05, 3.63) is 54.1 Å². The monoisotopic (exact) mass is 425 g/mol. The Morgan fingerprint density at radius 3 is 1.74 bits per heavy atom. The predicted octanol–water partition coefficient (Wildman–Crippen LogP) is 8.35. The van der Waals surface area contributed by atoms with Gasteiger partial charge in [-0.3, -0.25) is 0 Å². The van der Waals surface area contributed by atoms with Crippen molar-refractivity contribution in [2.45, 2.75) is 129 Å². The molecular formula is C29H49N2+. The number of nitrogens with zero attached hydrogens (tertiary/aromatic N) is 1. The molecule has 0 atom stereocenters. The Morgan fingerprint density at radius 2 is 1.16 bits per heavy atom. The number of nitrogens with one attached hydrogen (secondary N) is 1. The molecule has 1 aromatic carbocycles. The van der Waals surface area contributed by atoms with E-state index in [9.17, 15) is 0 Å². The molecule has 0 aliphatic rings. The molecule has 0 aliphatic heterocycles. The summed E-state index contributed by atoms with van der Waals surface area (Å²) in [5.74, 6) is 1.39. The van der Waals surface area contributed by atoms with Crippen molar-refractivity contribution >= 4 is 0 Å². The Kier molecular flexibility index (Phi) is 15.0. The number of H-pyrrole nitrogens is 1. The minimum atomic E-state index is 1.14. The molecule has 31 heavy (non-hydrogen) atoms. The Balaban J connectivity index is 1.39. The molecule has 0 saturated heterocycles. The van der Waals surface area contributed by atoms with Crippen LogP contribution in [0.1, 0.15) is 121 Å². The Hall–Kier alpha value is -1.57. The lowest BCUT2D eigenvalue weighted by molar-refractivity contribution is -0.703. The molecule has 2 aromatic rings. The van der Waals surface area contributed by atoms with Crippen LogP contribution in [0.5, 0.6) is 0 Å². The molecule has 1 heterocycles. The fourth-order valence-electron chi connectivity index (χ4n) is 4.58. The van der Waals surface area contributed by atoms with Gasteiger partial charge in [-0.1, -0.05) is 121 Å². The fourth-order valence-corrected chi connectivity index (χ4v) is 4.58. The van der Waals surface area contributed by atoms with Gasteiger partial charge in [-0.2, -0.15) is 0 Å². The van der Waals surface area contributed by atoms with Gasteiger partial charge in [0.15, 0.2) is 0 Å². The lowest BCUT2D eigenvalue weighted by Gasteiger charge is -2.04. The van der Waals surface area contributed by atoms with E-state index in [1.165, 1.54) is 127 Å². The number of aromatic nitrogens is 2. The van der Waals surface area contributed by atoms with Crippen LogP contribution in [0.25, 0.3) is 0 Å². The first-order valence-electron chi connectivity index (χ1n) is 13.5. The maximum absolute atomic E-state index is 3.46. The summed E-state index contributed by atoms with van der Waals surface area (Å²) in [4.78, 5) is 3.46. The Bertz CT molecular complexity index is 631. The topological polar surface area (TPSA) is 19.7 Å². The molecule has 2 heteroatoms. The molecule has 0 amide bonds. The van der Waals surface area contributed by atoms with Crippen LogP contribution in [0.2, 0.25) is 0 Å². The lowest BCUT2D eigenvalue weighted by atomic mass is 10.0. The maximum atomic E-state index is 3.46. The van der Waals surface area contributed by atoms with Crippen molar-refractivity contribution in [1.82, 2.24) is 4.98 Å². The van der Waals surface area contributed by atoms with Crippen molar-refractivity contribution in [3.63, 3.8) is 0 Å². The zero-order valence-electron chi connectivity index (χ0n) is 20.4. The van der Waals surface area contributed by atoms with E-state index in [1.54, 1.807) is 0 Å². The third-order valence-electron chi connectivity index (χ3n) is 6.58. The minimum absolute atomic E-state index is 1.14. The van der Waals surface area contributed by atoms with Gasteiger partial charge in [-0.05, 0) is 31.2 Å². The number of hydrogen-bond donors (Lipinski definition) is 1. The smallest absolute Gasteiger partial charge is 0.248 e. The van der Waals surface area contributed by atoms with E-state index in [4.69, 9.17) is 0 Å². The molecular weight excluding hydrogens is 376 g/mol. The van der Waals surface area contributed by atoms with Gasteiger partial charge in [0.05, 0.1) is 6.54 Å². The summed E-state index contributed by atoms with van der Waals surface area (Å²) in [7, 11) is 0. The summed E-state index contributed by atoms with van der Waals surface area (Å²) in [6.45, 7) is 3.47. The van der Waals surface area contributed by atoms with E-state index in [-0.39, 0.29) is 0 Å². The van der Waals surface area contributed by atoms with E-state index < -0.39 is 0 Å². The third-order valence-corrected chi connectivity index (χ3v) is 6.58. The van der Waals surface area contributed by atoms with Gasteiger partial charge in [0.2, 0.25) is 0 Å². The summed E-state index contributed by atoms with van der Waals surface area (Å²) in [5.41, 5.74) is 1.45. The summed E-state index contributed by atoms with van der Waals surface area (Å²) in [5, 5.41) is 0. The van der Waals surface area contributed by atoms with Crippen LogP contribution in [0, 0.1) is 0 Å². The van der Waals surface area contributed by atoms with Crippen molar-refractivity contribution in [2.75, 3.05) is 0 Å². The largest absolute Gasteiger partial charge is 0.254 e. The highest BCUT2D eigenvalue weighted by Crippen LogP contribution is 2.13. The molecule has 0 unspecified atom stereocenters. The van der Waals surface area contributed by atoms with Crippen molar-refractivity contribution in [1.29, 1.82) is 0 Å². The number of unbranched alkanes of at least 4 members (excludes halogenated alkanes) is 14. The standard InChI is InChI=1S/C29H48N2/c1-2-3-4-5-6-7-8-9-10-11-12-13-14-15-19-26-31-27-25-30-29(31)24-20-23-28-21-17-16-18-22-28/h16-18,21-22,25,27H,2-15,19-20,23-24,26H2,1H3/p+1. The molecule has 174 valence electrons. The second kappa shape index (κ2) is 18.0. The van der Waals surface area contributed by atoms with Crippen LogP contribution < -0.4 is 4.57 Å². The average molecular weight is 426 g/mol. The zero-order chi connectivity index (χ0) is 21.8. The van der Waals surface area contributed by atoms with Gasteiger partial charge in [0, 0.05) is 6.42 Å². The molecule has 1 N–H and O–H groups in total. The van der Waals surface area contributed by atoms with Crippen molar-refractivity contribution in [2.24, 2.45) is 0 Å². The molecule has 0 saturated carbocycles. The molecule has 0 radical (unpaired) electrons. The SMILES string of the molecule is CCCCCCCCCCCCCCCCC[n+]1cc[nH]c1CCCc1ccccc1. The number of hydrogen-bond acceptors (Lipinski definition) is 0. The second-order valence-electron chi connectivity index (χ2n) is 9.39. The third kappa shape index (κ3) is 12.8. The van der Waals surface area contributed by atoms with Gasteiger partial charge in [-0.25, -0.2) is 9.55 Å². The second-order valence-corrected chi connectivity index (χ2v) is 9.39. The van der Waals surface area contributed by atoms with Gasteiger partial charge >= 0.3 is 0 Å². The average Bonchev–Trinajstić information content (AvgIpc) is 3.24. The number of aryl methyl sites for hydroxylation is 3. The van der Waals surface area contributed by atoms with E-state index in [2.05, 4.69) is 59.2 Å². The van der Waals surface area contributed by atoms with Crippen molar-refractivity contribution < 1.29 is 4.57 Å². The van der Waals surface area contributed by atoms with Gasteiger partial charge in [-0.15, -0.1) is 0 Å². The molecule has 0 bridgehead atoms. The minimum Gasteiger partial charge on any atom is -0.248 e. The normalized spacial score (nSPS) is 11.3. The molecule has 2 rings (SSSR count). The van der Waals surface area contributed by atoms with Crippen LogP contribution in [-0.4, -0.2) is 4.98 Å². The fraction of sp³-hybridized carbons (Fsp3) is 0.690. The molecule has 2 nitrogen and oxygen atoms in total. The summed E-state index contributed by atoms with van der Waals surface area (Å²) in [6, 6.07) is 10.8. The summed E-state index contributed by atoms with van der Waals surface area (Å²) >= 11 is 0. The molecule has 1 aromatic heterocycles. The Morgan fingerprint density at radius 1 is 0.613 bits per heavy atom. The van der Waals surface area contributed by atoms with E-state index in [0.717, 1.165) is 6.42 Å². The molecule has 0 spiro atoms. The highest BCUT2D eigenvalue weighted by atomic mass is 15.1. The van der Waals surface area contributed by atoms with E-state index in [1.807, 2.05) is 0 Å². The van der Waals surface area contributed by atoms with Crippen LogP contribution >= 0.6 is 0 Å². The van der Waals surface area contributed by atoms with Crippen molar-refractivity contribution in [3.8, 4) is 0 Å². The lowest BCUT2D eigenvalue weighted by Crippen LogP contribution is -2.36. The van der Waals surface area contributed by atoms with E-state index >= 15 is 0 Å². The van der Waals surface area contributed by atoms with Crippen LogP contribution in [0.4, 0.5) is 0 Å². The predicted molar refractivity (Wildman–Crippen MR) is 134 cm³/mol. The summed E-state index contributed by atoms with van der Waals surface area (Å²) in [6.07, 6.45) is 29.3. The van der Waals surface area contributed by atoms with E-state index in [0.29, 0.717) is 0 Å².